The maximum atomic E-state index is 12.9. The highest BCUT2D eigenvalue weighted by Crippen LogP contribution is 2.18. The second-order valence-electron chi connectivity index (χ2n) is 3.65. The molecule has 0 aliphatic carbocycles. The smallest absolute Gasteiger partial charge is 0.374 e. The molecule has 6 nitrogen and oxygen atoms in total. The molecule has 0 amide bonds. The first-order valence-corrected chi connectivity index (χ1v) is 4.66. The van der Waals surface area contributed by atoms with Gasteiger partial charge in [-0.15, -0.1) is 0 Å². The summed E-state index contributed by atoms with van der Waals surface area (Å²) in [6.45, 7) is 0.0897. The third kappa shape index (κ3) is 2.35. The molecule has 1 N–H and O–H groups in total. The molecule has 0 fully saturated rings. The zero-order valence-electron chi connectivity index (χ0n) is 8.76. The molecule has 90 valence electrons. The van der Waals surface area contributed by atoms with Crippen molar-refractivity contribution in [1.82, 2.24) is 19.7 Å². The van der Waals surface area contributed by atoms with Gasteiger partial charge in [0.05, 0.1) is 11.6 Å². The Kier molecular flexibility index (Phi) is 2.49. The quantitative estimate of drug-likeness (QED) is 0.873. The minimum atomic E-state index is -2.95. The van der Waals surface area contributed by atoms with Crippen LogP contribution >= 0.6 is 0 Å². The van der Waals surface area contributed by atoms with Crippen molar-refractivity contribution in [3.05, 3.63) is 18.2 Å². The molecule has 0 aliphatic rings. The zero-order chi connectivity index (χ0) is 12.6. The van der Waals surface area contributed by atoms with Crippen LogP contribution in [0.2, 0.25) is 0 Å². The summed E-state index contributed by atoms with van der Waals surface area (Å²) in [6.07, 6.45) is 2.55. The van der Waals surface area contributed by atoms with Crippen molar-refractivity contribution in [3.8, 4) is 0 Å². The average molecular weight is 242 g/mol. The highest BCUT2D eigenvalue weighted by atomic mass is 19.3. The lowest BCUT2D eigenvalue weighted by Crippen LogP contribution is -2.20. The van der Waals surface area contributed by atoms with E-state index in [0.717, 1.165) is 11.6 Å². The molecule has 0 unspecified atom stereocenters. The standard InChI is InChI=1S/C9H8F2N4O2/c1-9(10,11)4-15-7-5(3-13-15)2-12-6(14-7)8(16)17/h2-3H,4H2,1H3,(H,16,17). The van der Waals surface area contributed by atoms with Gasteiger partial charge in [-0.25, -0.2) is 28.2 Å². The van der Waals surface area contributed by atoms with Gasteiger partial charge >= 0.3 is 5.97 Å². The first-order chi connectivity index (χ1) is 7.87. The maximum Gasteiger partial charge on any atom is 0.374 e. The lowest BCUT2D eigenvalue weighted by Gasteiger charge is -2.10. The lowest BCUT2D eigenvalue weighted by molar-refractivity contribution is 0.00165. The van der Waals surface area contributed by atoms with Crippen LogP contribution in [0.4, 0.5) is 8.78 Å². The fraction of sp³-hybridized carbons (Fsp3) is 0.333. The van der Waals surface area contributed by atoms with Crippen LogP contribution in [0.15, 0.2) is 12.4 Å². The Morgan fingerprint density at radius 2 is 2.24 bits per heavy atom. The maximum absolute atomic E-state index is 12.9. The summed E-state index contributed by atoms with van der Waals surface area (Å²) in [7, 11) is 0. The number of rotatable bonds is 3. The SMILES string of the molecule is CC(F)(F)Cn1ncc2cnc(C(=O)O)nc21. The Labute approximate surface area is 93.9 Å². The molecule has 17 heavy (non-hydrogen) atoms. The predicted molar refractivity (Wildman–Crippen MR) is 52.9 cm³/mol. The van der Waals surface area contributed by atoms with Gasteiger partial charge in [-0.3, -0.25) is 0 Å². The number of aromatic carboxylic acids is 1. The normalized spacial score (nSPS) is 11.9. The summed E-state index contributed by atoms with van der Waals surface area (Å²) < 4.78 is 26.7. The van der Waals surface area contributed by atoms with Crippen LogP contribution in [0.1, 0.15) is 17.5 Å². The molecule has 2 aromatic heterocycles. The summed E-state index contributed by atoms with van der Waals surface area (Å²) in [5.41, 5.74) is 0.0823. The number of hydrogen-bond donors (Lipinski definition) is 1. The van der Waals surface area contributed by atoms with Gasteiger partial charge < -0.3 is 5.11 Å². The summed E-state index contributed by atoms with van der Waals surface area (Å²) in [4.78, 5) is 17.9. The van der Waals surface area contributed by atoms with Gasteiger partial charge in [-0.05, 0) is 0 Å². The Morgan fingerprint density at radius 3 is 2.82 bits per heavy atom. The van der Waals surface area contributed by atoms with Gasteiger partial charge in [-0.1, -0.05) is 0 Å². The molecule has 0 saturated carbocycles. The number of fused-ring (bicyclic) bond motifs is 1. The van der Waals surface area contributed by atoms with E-state index < -0.39 is 24.3 Å². The van der Waals surface area contributed by atoms with E-state index in [0.29, 0.717) is 5.39 Å². The average Bonchev–Trinajstić information content (AvgIpc) is 2.58. The largest absolute Gasteiger partial charge is 0.475 e. The van der Waals surface area contributed by atoms with Gasteiger partial charge in [0.1, 0.15) is 6.54 Å². The van der Waals surface area contributed by atoms with Gasteiger partial charge in [0, 0.05) is 13.1 Å². The Bertz CT molecular complexity index is 576. The third-order valence-corrected chi connectivity index (χ3v) is 2.00. The van der Waals surface area contributed by atoms with E-state index in [4.69, 9.17) is 5.11 Å². The molecule has 0 aromatic carbocycles. The molecule has 2 heterocycles. The van der Waals surface area contributed by atoms with Gasteiger partial charge in [-0.2, -0.15) is 5.10 Å². The number of aromatic nitrogens is 4. The van der Waals surface area contributed by atoms with Crippen LogP contribution in [0.25, 0.3) is 11.0 Å². The summed E-state index contributed by atoms with van der Waals surface area (Å²) in [5, 5.41) is 12.8. The van der Waals surface area contributed by atoms with Crippen LogP contribution in [0.5, 0.6) is 0 Å². The molecule has 2 rings (SSSR count). The molecule has 0 aliphatic heterocycles. The minimum absolute atomic E-state index is 0.0823. The highest BCUT2D eigenvalue weighted by Gasteiger charge is 2.24. The molecule has 2 aromatic rings. The van der Waals surface area contributed by atoms with Crippen LogP contribution in [-0.4, -0.2) is 36.7 Å². The van der Waals surface area contributed by atoms with Crippen molar-refractivity contribution >= 4 is 17.0 Å². The number of carboxylic acids is 1. The highest BCUT2D eigenvalue weighted by molar-refractivity contribution is 5.86. The molecule has 0 saturated heterocycles. The number of nitrogens with zero attached hydrogens (tertiary/aromatic N) is 4. The second-order valence-corrected chi connectivity index (χ2v) is 3.65. The number of hydrogen-bond acceptors (Lipinski definition) is 4. The minimum Gasteiger partial charge on any atom is -0.475 e. The number of alkyl halides is 2. The third-order valence-electron chi connectivity index (χ3n) is 2.00. The van der Waals surface area contributed by atoms with Crippen LogP contribution in [0.3, 0.4) is 0 Å². The van der Waals surface area contributed by atoms with Gasteiger partial charge in [0.2, 0.25) is 5.82 Å². The first kappa shape index (κ1) is 11.4. The van der Waals surface area contributed by atoms with Gasteiger partial charge in [0.15, 0.2) is 5.65 Å². The second kappa shape index (κ2) is 3.72. The van der Waals surface area contributed by atoms with E-state index in [9.17, 15) is 13.6 Å². The van der Waals surface area contributed by atoms with E-state index in [1.807, 2.05) is 0 Å². The molecule has 0 bridgehead atoms. The number of halogens is 2. The summed E-state index contributed by atoms with van der Waals surface area (Å²) >= 11 is 0. The fourth-order valence-corrected chi connectivity index (χ4v) is 1.35. The molecular formula is C9H8F2N4O2. The van der Waals surface area contributed by atoms with Crippen LogP contribution < -0.4 is 0 Å². The van der Waals surface area contributed by atoms with Gasteiger partial charge in [0.25, 0.3) is 5.92 Å². The molecule has 8 heteroatoms. The zero-order valence-corrected chi connectivity index (χ0v) is 8.76. The van der Waals surface area contributed by atoms with Crippen LogP contribution in [-0.2, 0) is 6.54 Å². The fourth-order valence-electron chi connectivity index (χ4n) is 1.35. The Morgan fingerprint density at radius 1 is 1.53 bits per heavy atom. The number of carboxylic acid groups (broad SMARTS) is 1. The van der Waals surface area contributed by atoms with Crippen molar-refractivity contribution in [2.45, 2.75) is 19.4 Å². The molecular weight excluding hydrogens is 234 g/mol. The Hall–Kier alpha value is -2.12. The van der Waals surface area contributed by atoms with Crippen molar-refractivity contribution in [2.24, 2.45) is 0 Å². The van der Waals surface area contributed by atoms with E-state index in [2.05, 4.69) is 15.1 Å². The van der Waals surface area contributed by atoms with E-state index in [-0.39, 0.29) is 5.65 Å². The molecule has 0 radical (unpaired) electrons. The van der Waals surface area contributed by atoms with Crippen molar-refractivity contribution in [1.29, 1.82) is 0 Å². The predicted octanol–water partition coefficient (Wildman–Crippen LogP) is 1.18. The summed E-state index contributed by atoms with van der Waals surface area (Å²) in [5.74, 6) is -4.71. The van der Waals surface area contributed by atoms with Crippen LogP contribution in [0, 0.1) is 0 Å². The van der Waals surface area contributed by atoms with Crippen molar-refractivity contribution in [3.63, 3.8) is 0 Å². The topological polar surface area (TPSA) is 80.9 Å². The van der Waals surface area contributed by atoms with Crippen molar-refractivity contribution < 1.29 is 18.7 Å². The first-order valence-electron chi connectivity index (χ1n) is 4.66. The van der Waals surface area contributed by atoms with E-state index in [1.54, 1.807) is 0 Å². The molecule has 0 spiro atoms. The van der Waals surface area contributed by atoms with E-state index in [1.165, 1.54) is 12.4 Å². The molecule has 0 atom stereocenters. The Balaban J connectivity index is 2.50. The summed E-state index contributed by atoms with van der Waals surface area (Å²) in [6, 6.07) is 0. The van der Waals surface area contributed by atoms with Crippen molar-refractivity contribution in [2.75, 3.05) is 0 Å². The lowest BCUT2D eigenvalue weighted by atomic mass is 10.4. The monoisotopic (exact) mass is 242 g/mol. The van der Waals surface area contributed by atoms with E-state index >= 15 is 0 Å². The number of carbonyl (C=O) groups is 1.